The molecule has 0 heterocycles. The second-order valence-corrected chi connectivity index (χ2v) is 5.12. The fraction of sp³-hybridized carbons (Fsp3) is 0.133. The molecule has 0 aliphatic carbocycles. The summed E-state index contributed by atoms with van der Waals surface area (Å²) in [5, 5.41) is 12.6. The number of halogens is 1. The van der Waals surface area contributed by atoms with Crippen LogP contribution in [0, 0.1) is 14.9 Å². The Balaban J connectivity index is 2.05. The Morgan fingerprint density at radius 2 is 1.72 bits per heavy atom. The molecule has 0 fully saturated rings. The van der Waals surface area contributed by atoms with Gasteiger partial charge in [-0.1, -0.05) is 42.5 Å². The molecule has 2 aromatic rings. The van der Waals surface area contributed by atoms with E-state index in [1.54, 1.807) is 0 Å². The average molecular weight is 348 g/mol. The molecule has 1 atom stereocenters. The molecule has 0 saturated carbocycles. The fourth-order valence-electron chi connectivity index (χ4n) is 1.74. The molecular weight excluding hydrogens is 335 g/mol. The van der Waals surface area contributed by atoms with Gasteiger partial charge in [0.2, 0.25) is 0 Å². The molecule has 1 unspecified atom stereocenters. The lowest BCUT2D eigenvalue weighted by Gasteiger charge is -2.13. The van der Waals surface area contributed by atoms with E-state index in [1.807, 2.05) is 54.6 Å². The molecular formula is C15H13IN2. The molecule has 90 valence electrons. The maximum atomic E-state index is 9.23. The summed E-state index contributed by atoms with van der Waals surface area (Å²) in [4.78, 5) is 0. The number of nitrogens with zero attached hydrogens (tertiary/aromatic N) is 1. The van der Waals surface area contributed by atoms with E-state index in [0.717, 1.165) is 11.3 Å². The first-order valence-electron chi connectivity index (χ1n) is 5.74. The Hall–Kier alpha value is -1.54. The lowest BCUT2D eigenvalue weighted by Crippen LogP contribution is -2.11. The molecule has 0 bridgehead atoms. The topological polar surface area (TPSA) is 35.8 Å². The van der Waals surface area contributed by atoms with Crippen LogP contribution in [0.1, 0.15) is 11.5 Å². The highest BCUT2D eigenvalue weighted by molar-refractivity contribution is 14.1. The quantitative estimate of drug-likeness (QED) is 0.848. The van der Waals surface area contributed by atoms with E-state index in [-0.39, 0.29) is 5.92 Å². The van der Waals surface area contributed by atoms with Crippen molar-refractivity contribution in [2.45, 2.75) is 5.92 Å². The SMILES string of the molecule is N#CC(CNc1ccccc1I)c1ccccc1. The third-order valence-electron chi connectivity index (χ3n) is 2.73. The molecule has 0 saturated heterocycles. The number of nitriles is 1. The maximum absolute atomic E-state index is 9.23. The number of rotatable bonds is 4. The van der Waals surface area contributed by atoms with Gasteiger partial charge in [0.1, 0.15) is 0 Å². The van der Waals surface area contributed by atoms with Crippen LogP contribution < -0.4 is 5.32 Å². The zero-order valence-corrected chi connectivity index (χ0v) is 12.0. The third kappa shape index (κ3) is 3.23. The molecule has 0 radical (unpaired) electrons. The van der Waals surface area contributed by atoms with Gasteiger partial charge in [-0.3, -0.25) is 0 Å². The molecule has 3 heteroatoms. The van der Waals surface area contributed by atoms with Crippen molar-refractivity contribution in [3.63, 3.8) is 0 Å². The van der Waals surface area contributed by atoms with Crippen molar-refractivity contribution in [2.75, 3.05) is 11.9 Å². The Morgan fingerprint density at radius 3 is 2.39 bits per heavy atom. The first-order chi connectivity index (χ1) is 8.81. The third-order valence-corrected chi connectivity index (χ3v) is 3.67. The van der Waals surface area contributed by atoms with Crippen molar-refractivity contribution in [2.24, 2.45) is 0 Å². The van der Waals surface area contributed by atoms with Crippen LogP contribution in [0.2, 0.25) is 0 Å². The maximum Gasteiger partial charge on any atom is 0.0885 e. The Kier molecular flexibility index (Phi) is 4.59. The molecule has 1 N–H and O–H groups in total. The molecule has 2 aromatic carbocycles. The lowest BCUT2D eigenvalue weighted by molar-refractivity contribution is 0.900. The molecule has 0 aliphatic heterocycles. The second-order valence-electron chi connectivity index (χ2n) is 3.95. The van der Waals surface area contributed by atoms with Gasteiger partial charge in [0.05, 0.1) is 12.0 Å². The van der Waals surface area contributed by atoms with Gasteiger partial charge in [0.15, 0.2) is 0 Å². The summed E-state index contributed by atoms with van der Waals surface area (Å²) in [6.07, 6.45) is 0. The van der Waals surface area contributed by atoms with Crippen LogP contribution in [0.5, 0.6) is 0 Å². The lowest BCUT2D eigenvalue weighted by atomic mass is 10.0. The van der Waals surface area contributed by atoms with Gasteiger partial charge in [-0.2, -0.15) is 5.26 Å². The fourth-order valence-corrected chi connectivity index (χ4v) is 2.32. The van der Waals surface area contributed by atoms with Crippen molar-refractivity contribution in [3.05, 3.63) is 63.7 Å². The van der Waals surface area contributed by atoms with E-state index in [9.17, 15) is 5.26 Å². The first kappa shape index (κ1) is 12.9. The number of para-hydroxylation sites is 1. The summed E-state index contributed by atoms with van der Waals surface area (Å²) in [5.74, 6) is -0.123. The molecule has 0 amide bonds. The zero-order valence-electron chi connectivity index (χ0n) is 9.81. The minimum absolute atomic E-state index is 0.123. The van der Waals surface area contributed by atoms with Crippen LogP contribution in [0.4, 0.5) is 5.69 Å². The summed E-state index contributed by atoms with van der Waals surface area (Å²) >= 11 is 2.29. The Labute approximate surface area is 121 Å². The molecule has 0 aromatic heterocycles. The Morgan fingerprint density at radius 1 is 1.06 bits per heavy atom. The van der Waals surface area contributed by atoms with Crippen molar-refractivity contribution < 1.29 is 0 Å². The van der Waals surface area contributed by atoms with Gasteiger partial charge >= 0.3 is 0 Å². The van der Waals surface area contributed by atoms with Crippen LogP contribution in [-0.4, -0.2) is 6.54 Å². The van der Waals surface area contributed by atoms with E-state index >= 15 is 0 Å². The van der Waals surface area contributed by atoms with Crippen LogP contribution in [0.3, 0.4) is 0 Å². The average Bonchev–Trinajstić information content (AvgIpc) is 2.42. The highest BCUT2D eigenvalue weighted by Gasteiger charge is 2.10. The minimum Gasteiger partial charge on any atom is -0.383 e. The minimum atomic E-state index is -0.123. The van der Waals surface area contributed by atoms with Crippen molar-refractivity contribution in [1.29, 1.82) is 5.26 Å². The van der Waals surface area contributed by atoms with Gasteiger partial charge in [-0.05, 0) is 40.3 Å². The predicted molar refractivity (Wildman–Crippen MR) is 82.4 cm³/mol. The number of hydrogen-bond acceptors (Lipinski definition) is 2. The number of hydrogen-bond donors (Lipinski definition) is 1. The van der Waals surface area contributed by atoms with E-state index in [4.69, 9.17) is 0 Å². The van der Waals surface area contributed by atoms with Gasteiger partial charge < -0.3 is 5.32 Å². The summed E-state index contributed by atoms with van der Waals surface area (Å²) in [6, 6.07) is 20.3. The van der Waals surface area contributed by atoms with Crippen LogP contribution in [0.15, 0.2) is 54.6 Å². The predicted octanol–water partition coefficient (Wildman–Crippen LogP) is 4.01. The van der Waals surface area contributed by atoms with Crippen molar-refractivity contribution >= 4 is 28.3 Å². The highest BCUT2D eigenvalue weighted by Crippen LogP contribution is 2.20. The zero-order chi connectivity index (χ0) is 12.8. The second kappa shape index (κ2) is 6.41. The number of benzene rings is 2. The molecule has 0 spiro atoms. The van der Waals surface area contributed by atoms with Crippen molar-refractivity contribution in [1.82, 2.24) is 0 Å². The van der Waals surface area contributed by atoms with Crippen LogP contribution in [0.25, 0.3) is 0 Å². The number of anilines is 1. The molecule has 2 nitrogen and oxygen atoms in total. The van der Waals surface area contributed by atoms with E-state index < -0.39 is 0 Å². The van der Waals surface area contributed by atoms with E-state index in [1.165, 1.54) is 3.57 Å². The Bertz CT molecular complexity index is 546. The monoisotopic (exact) mass is 348 g/mol. The van der Waals surface area contributed by atoms with Gasteiger partial charge in [-0.25, -0.2) is 0 Å². The summed E-state index contributed by atoms with van der Waals surface area (Å²) in [5.41, 5.74) is 2.13. The van der Waals surface area contributed by atoms with Crippen LogP contribution >= 0.6 is 22.6 Å². The molecule has 18 heavy (non-hydrogen) atoms. The molecule has 2 rings (SSSR count). The summed E-state index contributed by atoms with van der Waals surface area (Å²) in [6.45, 7) is 0.626. The standard InChI is InChI=1S/C15H13IN2/c16-14-8-4-5-9-15(14)18-11-13(10-17)12-6-2-1-3-7-12/h1-9,13,18H,11H2. The largest absolute Gasteiger partial charge is 0.383 e. The summed E-state index contributed by atoms with van der Waals surface area (Å²) < 4.78 is 1.17. The van der Waals surface area contributed by atoms with Gasteiger partial charge in [0.25, 0.3) is 0 Å². The molecule has 0 aliphatic rings. The normalized spacial score (nSPS) is 11.6. The van der Waals surface area contributed by atoms with E-state index in [0.29, 0.717) is 6.54 Å². The van der Waals surface area contributed by atoms with Crippen molar-refractivity contribution in [3.8, 4) is 6.07 Å². The van der Waals surface area contributed by atoms with Gasteiger partial charge in [0, 0.05) is 15.8 Å². The smallest absolute Gasteiger partial charge is 0.0885 e. The summed E-state index contributed by atoms with van der Waals surface area (Å²) in [7, 11) is 0. The highest BCUT2D eigenvalue weighted by atomic mass is 127. The van der Waals surface area contributed by atoms with Crippen LogP contribution in [-0.2, 0) is 0 Å². The van der Waals surface area contributed by atoms with Gasteiger partial charge in [-0.15, -0.1) is 0 Å². The van der Waals surface area contributed by atoms with E-state index in [2.05, 4.69) is 34.0 Å². The first-order valence-corrected chi connectivity index (χ1v) is 6.82. The number of nitrogens with one attached hydrogen (secondary N) is 1.